The van der Waals surface area contributed by atoms with E-state index in [1.54, 1.807) is 18.0 Å². The molecule has 0 fully saturated rings. The van der Waals surface area contributed by atoms with Crippen molar-refractivity contribution in [1.29, 1.82) is 0 Å². The molecular weight excluding hydrogens is 315 g/mol. The second kappa shape index (κ2) is 5.59. The largest absolute Gasteiger partial charge is 0.492 e. The Morgan fingerprint density at radius 3 is 2.83 bits per heavy atom. The molecule has 23 heavy (non-hydrogen) atoms. The van der Waals surface area contributed by atoms with E-state index in [1.807, 2.05) is 0 Å². The minimum atomic E-state index is -4.85. The van der Waals surface area contributed by atoms with Gasteiger partial charge in [0.1, 0.15) is 0 Å². The minimum absolute atomic E-state index is 0.0383. The van der Waals surface area contributed by atoms with Crippen molar-refractivity contribution in [2.24, 2.45) is 0 Å². The molecule has 1 aromatic rings. The summed E-state index contributed by atoms with van der Waals surface area (Å²) in [5.74, 6) is -0.500. The maximum atomic E-state index is 12.7. The molecule has 2 aliphatic rings. The van der Waals surface area contributed by atoms with E-state index in [2.05, 4.69) is 0 Å². The lowest BCUT2D eigenvalue weighted by molar-refractivity contribution is -0.172. The molecule has 3 rings (SSSR count). The molecule has 0 radical (unpaired) electrons. The normalized spacial score (nSPS) is 20.3. The molecule has 126 valence electrons. The highest BCUT2D eigenvalue weighted by Gasteiger charge is 2.42. The van der Waals surface area contributed by atoms with E-state index in [1.165, 1.54) is 7.11 Å². The van der Waals surface area contributed by atoms with Crippen molar-refractivity contribution in [2.45, 2.75) is 25.1 Å². The number of ketones is 1. The smallest absolute Gasteiger partial charge is 0.450 e. The van der Waals surface area contributed by atoms with Gasteiger partial charge in [0.25, 0.3) is 0 Å². The van der Waals surface area contributed by atoms with E-state index < -0.39 is 24.4 Å². The zero-order chi connectivity index (χ0) is 16.8. The fourth-order valence-electron chi connectivity index (χ4n) is 3.07. The highest BCUT2D eigenvalue weighted by Crippen LogP contribution is 2.50. The van der Waals surface area contributed by atoms with Crippen LogP contribution in [0.4, 0.5) is 13.2 Å². The van der Waals surface area contributed by atoms with Crippen molar-refractivity contribution < 1.29 is 32.2 Å². The van der Waals surface area contributed by atoms with E-state index in [4.69, 9.17) is 14.2 Å². The van der Waals surface area contributed by atoms with Crippen LogP contribution in [0.3, 0.4) is 0 Å². The van der Waals surface area contributed by atoms with Gasteiger partial charge in [-0.15, -0.1) is 0 Å². The standard InChI is InChI=1S/C15H16F3NO4/c1-19-4-3-8-5-10-13(23-7-22-10)14(21-2)12(8)9(19)6-11(20)15(16,17)18/h5,9H,3-4,6-7H2,1-2H3/t9-/m0/s1. The third kappa shape index (κ3) is 2.71. The molecule has 0 amide bonds. The van der Waals surface area contributed by atoms with Crippen LogP contribution < -0.4 is 14.2 Å². The van der Waals surface area contributed by atoms with Crippen LogP contribution in [-0.2, 0) is 11.2 Å². The number of fused-ring (bicyclic) bond motifs is 2. The summed E-state index contributed by atoms with van der Waals surface area (Å²) in [6.07, 6.45) is -4.86. The van der Waals surface area contributed by atoms with Crippen molar-refractivity contribution in [3.8, 4) is 17.2 Å². The number of carbonyl (C=O) groups excluding carboxylic acids is 1. The molecule has 0 aromatic heterocycles. The van der Waals surface area contributed by atoms with Crippen LogP contribution in [0.15, 0.2) is 6.07 Å². The monoisotopic (exact) mass is 331 g/mol. The number of halogens is 3. The van der Waals surface area contributed by atoms with Crippen LogP contribution >= 0.6 is 0 Å². The third-order valence-electron chi connectivity index (χ3n) is 4.24. The van der Waals surface area contributed by atoms with Gasteiger partial charge in [-0.25, -0.2) is 0 Å². The number of benzene rings is 1. The highest BCUT2D eigenvalue weighted by atomic mass is 19.4. The number of carbonyl (C=O) groups is 1. The quantitative estimate of drug-likeness (QED) is 0.852. The van der Waals surface area contributed by atoms with Gasteiger partial charge in [-0.1, -0.05) is 0 Å². The van der Waals surface area contributed by atoms with Crippen LogP contribution in [0.5, 0.6) is 17.2 Å². The third-order valence-corrected chi connectivity index (χ3v) is 4.24. The Kier molecular flexibility index (Phi) is 3.87. The summed E-state index contributed by atoms with van der Waals surface area (Å²) >= 11 is 0. The van der Waals surface area contributed by atoms with E-state index in [-0.39, 0.29) is 6.79 Å². The molecule has 1 atom stereocenters. The van der Waals surface area contributed by atoms with Crippen molar-refractivity contribution in [3.05, 3.63) is 17.2 Å². The van der Waals surface area contributed by atoms with E-state index in [9.17, 15) is 18.0 Å². The topological polar surface area (TPSA) is 48.0 Å². The molecule has 1 aromatic carbocycles. The fourth-order valence-corrected chi connectivity index (χ4v) is 3.07. The maximum Gasteiger partial charge on any atom is 0.450 e. The first-order valence-electron chi connectivity index (χ1n) is 7.12. The van der Waals surface area contributed by atoms with Gasteiger partial charge in [0.05, 0.1) is 7.11 Å². The van der Waals surface area contributed by atoms with Gasteiger partial charge < -0.3 is 14.2 Å². The van der Waals surface area contributed by atoms with Gasteiger partial charge in [0, 0.05) is 24.6 Å². The number of rotatable bonds is 3. The van der Waals surface area contributed by atoms with Gasteiger partial charge in [0.2, 0.25) is 18.3 Å². The van der Waals surface area contributed by atoms with E-state index in [0.29, 0.717) is 35.8 Å². The Morgan fingerprint density at radius 1 is 1.43 bits per heavy atom. The predicted molar refractivity (Wildman–Crippen MR) is 73.9 cm³/mol. The maximum absolute atomic E-state index is 12.7. The molecule has 5 nitrogen and oxygen atoms in total. The summed E-state index contributed by atoms with van der Waals surface area (Å²) < 4.78 is 54.1. The number of nitrogens with zero attached hydrogens (tertiary/aromatic N) is 1. The van der Waals surface area contributed by atoms with Crippen LogP contribution in [0.25, 0.3) is 0 Å². The van der Waals surface area contributed by atoms with Crippen molar-refractivity contribution in [3.63, 3.8) is 0 Å². The lowest BCUT2D eigenvalue weighted by Gasteiger charge is -2.35. The molecule has 0 spiro atoms. The molecule has 0 saturated heterocycles. The summed E-state index contributed by atoms with van der Waals surface area (Å²) in [6, 6.07) is 1.05. The number of hydrogen-bond acceptors (Lipinski definition) is 5. The molecule has 0 aliphatic carbocycles. The molecule has 2 aliphatic heterocycles. The molecule has 0 saturated carbocycles. The SMILES string of the molecule is COc1c2c(cc3c1[C@H](CC(=O)C(F)(F)F)N(C)CC3)OCO2. The summed E-state index contributed by atoms with van der Waals surface area (Å²) in [5.41, 5.74) is 1.40. The number of likely N-dealkylation sites (N-methyl/N-ethyl adjacent to an activating group) is 1. The Bertz CT molecular complexity index is 645. The first kappa shape index (κ1) is 15.9. The molecule has 0 unspecified atom stereocenters. The molecule has 0 bridgehead atoms. The summed E-state index contributed by atoms with van der Waals surface area (Å²) in [4.78, 5) is 13.2. The lowest BCUT2D eigenvalue weighted by Crippen LogP contribution is -2.36. The number of hydrogen-bond donors (Lipinski definition) is 0. The van der Waals surface area contributed by atoms with Crippen LogP contribution in [0, 0.1) is 0 Å². The number of methoxy groups -OCH3 is 1. The Hall–Kier alpha value is -1.96. The average Bonchev–Trinajstić information content (AvgIpc) is 2.94. The first-order chi connectivity index (χ1) is 10.8. The van der Waals surface area contributed by atoms with Gasteiger partial charge >= 0.3 is 6.18 Å². The van der Waals surface area contributed by atoms with Crippen molar-refractivity contribution in [1.82, 2.24) is 4.90 Å². The van der Waals surface area contributed by atoms with Crippen molar-refractivity contribution >= 4 is 5.78 Å². The van der Waals surface area contributed by atoms with Crippen LogP contribution in [-0.4, -0.2) is 44.4 Å². The van der Waals surface area contributed by atoms with Gasteiger partial charge in [-0.2, -0.15) is 13.2 Å². The molecule has 8 heteroatoms. The van der Waals surface area contributed by atoms with Crippen LogP contribution in [0.1, 0.15) is 23.6 Å². The number of ether oxygens (including phenoxy) is 3. The average molecular weight is 331 g/mol. The molecular formula is C15H16F3NO4. The molecule has 0 N–H and O–H groups in total. The van der Waals surface area contributed by atoms with Gasteiger partial charge in [-0.3, -0.25) is 9.69 Å². The van der Waals surface area contributed by atoms with Gasteiger partial charge in [0.15, 0.2) is 11.5 Å². The predicted octanol–water partition coefficient (Wildman–Crippen LogP) is 2.47. The fraction of sp³-hybridized carbons (Fsp3) is 0.533. The highest BCUT2D eigenvalue weighted by molar-refractivity contribution is 5.85. The zero-order valence-electron chi connectivity index (χ0n) is 12.7. The van der Waals surface area contributed by atoms with E-state index >= 15 is 0 Å². The first-order valence-corrected chi connectivity index (χ1v) is 7.12. The summed E-state index contributed by atoms with van der Waals surface area (Å²) in [7, 11) is 3.12. The number of alkyl halides is 3. The second-order valence-electron chi connectivity index (χ2n) is 5.59. The summed E-state index contributed by atoms with van der Waals surface area (Å²) in [6.45, 7) is 0.585. The van der Waals surface area contributed by atoms with Crippen molar-refractivity contribution in [2.75, 3.05) is 27.5 Å². The second-order valence-corrected chi connectivity index (χ2v) is 5.59. The Balaban J connectivity index is 2.05. The van der Waals surface area contributed by atoms with Crippen LogP contribution in [0.2, 0.25) is 0 Å². The zero-order valence-corrected chi connectivity index (χ0v) is 12.7. The lowest BCUT2D eigenvalue weighted by atomic mass is 9.88. The number of Topliss-reactive ketones (excluding diaryl/α,β-unsaturated/α-hetero) is 1. The Morgan fingerprint density at radius 2 is 2.17 bits per heavy atom. The Labute approximate surface area is 130 Å². The van der Waals surface area contributed by atoms with Gasteiger partial charge in [-0.05, 0) is 25.1 Å². The van der Waals surface area contributed by atoms with E-state index in [0.717, 1.165) is 5.56 Å². The summed E-state index contributed by atoms with van der Waals surface area (Å²) in [5, 5.41) is 0. The minimum Gasteiger partial charge on any atom is -0.492 e. The molecule has 2 heterocycles.